The zero-order valence-electron chi connectivity index (χ0n) is 15.7. The van der Waals surface area contributed by atoms with E-state index < -0.39 is 0 Å². The van der Waals surface area contributed by atoms with Crippen LogP contribution in [0.3, 0.4) is 0 Å². The topological polar surface area (TPSA) is 45.3 Å². The molecule has 1 aliphatic rings. The fourth-order valence-corrected chi connectivity index (χ4v) is 3.79. The molecule has 136 valence electrons. The monoisotopic (exact) mass is 342 g/mol. The van der Waals surface area contributed by atoms with Crippen molar-refractivity contribution in [3.05, 3.63) is 35.0 Å². The number of aryl methyl sites for hydroxylation is 1. The second kappa shape index (κ2) is 8.05. The van der Waals surface area contributed by atoms with Gasteiger partial charge in [-0.1, -0.05) is 38.0 Å². The molecule has 0 saturated carbocycles. The van der Waals surface area contributed by atoms with E-state index in [4.69, 9.17) is 4.74 Å². The second-order valence-corrected chi connectivity index (χ2v) is 7.40. The van der Waals surface area contributed by atoms with Gasteiger partial charge >= 0.3 is 5.97 Å². The number of hydrogen-bond donors (Lipinski definition) is 1. The van der Waals surface area contributed by atoms with Crippen molar-refractivity contribution in [1.29, 1.82) is 0 Å². The molecule has 25 heavy (non-hydrogen) atoms. The SMILES string of the molecule is CCCCCC(=O)OCc1cccc2c3c([nH]c12)CCC(N(C)C)C3. The number of esters is 1. The molecule has 4 nitrogen and oxygen atoms in total. The Hall–Kier alpha value is -1.81. The molecule has 1 N–H and O–H groups in total. The van der Waals surface area contributed by atoms with E-state index in [1.165, 1.54) is 23.1 Å². The third-order valence-corrected chi connectivity index (χ3v) is 5.39. The molecule has 1 aliphatic carbocycles. The van der Waals surface area contributed by atoms with Crippen LogP contribution >= 0.6 is 0 Å². The first kappa shape index (κ1) is 18.0. The fraction of sp³-hybridized carbons (Fsp3) is 0.571. The number of para-hydroxylation sites is 1. The summed E-state index contributed by atoms with van der Waals surface area (Å²) in [5.41, 5.74) is 5.02. The number of fused-ring (bicyclic) bond motifs is 3. The van der Waals surface area contributed by atoms with Crippen molar-refractivity contribution in [2.75, 3.05) is 14.1 Å². The number of aromatic amines is 1. The number of benzene rings is 1. The number of unbranched alkanes of at least 4 members (excludes halogenated alkanes) is 2. The van der Waals surface area contributed by atoms with Crippen molar-refractivity contribution in [3.8, 4) is 0 Å². The maximum atomic E-state index is 11.9. The lowest BCUT2D eigenvalue weighted by Gasteiger charge is -2.28. The maximum Gasteiger partial charge on any atom is 0.306 e. The summed E-state index contributed by atoms with van der Waals surface area (Å²) < 4.78 is 5.51. The molecule has 1 aromatic heterocycles. The minimum Gasteiger partial charge on any atom is -0.461 e. The normalized spacial score (nSPS) is 17.0. The Labute approximate surface area is 150 Å². The van der Waals surface area contributed by atoms with Crippen molar-refractivity contribution in [3.63, 3.8) is 0 Å². The molecule has 0 amide bonds. The molecule has 0 aliphatic heterocycles. The van der Waals surface area contributed by atoms with E-state index in [0.717, 1.165) is 43.2 Å². The van der Waals surface area contributed by atoms with Crippen LogP contribution in [-0.4, -0.2) is 36.0 Å². The molecule has 1 aromatic carbocycles. The standard InChI is InChI=1S/C21H30N2O2/c1-4-5-6-10-20(24)25-14-15-8-7-9-17-18-13-16(23(2)3)11-12-19(18)22-21(15)17/h7-9,16,22H,4-6,10-14H2,1-3H3. The molecule has 4 heteroatoms. The van der Waals surface area contributed by atoms with Gasteiger partial charge in [-0.05, 0) is 45.3 Å². The highest BCUT2D eigenvalue weighted by Crippen LogP contribution is 2.32. The number of carbonyl (C=O) groups is 1. The number of H-pyrrole nitrogens is 1. The van der Waals surface area contributed by atoms with E-state index in [2.05, 4.69) is 49.1 Å². The van der Waals surface area contributed by atoms with Crippen LogP contribution in [0.25, 0.3) is 10.9 Å². The average Bonchev–Trinajstić information content (AvgIpc) is 2.98. The first-order valence-electron chi connectivity index (χ1n) is 9.53. The second-order valence-electron chi connectivity index (χ2n) is 7.40. The molecule has 1 unspecified atom stereocenters. The quantitative estimate of drug-likeness (QED) is 0.605. The summed E-state index contributed by atoms with van der Waals surface area (Å²) in [7, 11) is 4.32. The zero-order valence-corrected chi connectivity index (χ0v) is 15.7. The van der Waals surface area contributed by atoms with Gasteiger partial charge in [-0.25, -0.2) is 0 Å². The van der Waals surface area contributed by atoms with Gasteiger partial charge in [0.25, 0.3) is 0 Å². The van der Waals surface area contributed by atoms with Gasteiger partial charge < -0.3 is 14.6 Å². The Balaban J connectivity index is 1.74. The number of nitrogens with one attached hydrogen (secondary N) is 1. The number of aromatic nitrogens is 1. The number of hydrogen-bond acceptors (Lipinski definition) is 3. The van der Waals surface area contributed by atoms with Gasteiger partial charge in [-0.2, -0.15) is 0 Å². The number of ether oxygens (including phenoxy) is 1. The van der Waals surface area contributed by atoms with Crippen LogP contribution in [0.2, 0.25) is 0 Å². The zero-order chi connectivity index (χ0) is 17.8. The first-order chi connectivity index (χ1) is 12.1. The van der Waals surface area contributed by atoms with Crippen molar-refractivity contribution in [2.24, 2.45) is 0 Å². The summed E-state index contributed by atoms with van der Waals surface area (Å²) >= 11 is 0. The molecule has 1 atom stereocenters. The lowest BCUT2D eigenvalue weighted by Crippen LogP contribution is -2.33. The van der Waals surface area contributed by atoms with Gasteiger partial charge in [0.1, 0.15) is 6.61 Å². The van der Waals surface area contributed by atoms with Gasteiger partial charge in [-0.15, -0.1) is 0 Å². The Kier molecular flexibility index (Phi) is 5.79. The van der Waals surface area contributed by atoms with E-state index in [-0.39, 0.29) is 5.97 Å². The fourth-order valence-electron chi connectivity index (χ4n) is 3.79. The van der Waals surface area contributed by atoms with Crippen LogP contribution in [0.4, 0.5) is 0 Å². The molecular weight excluding hydrogens is 312 g/mol. The molecule has 2 aromatic rings. The summed E-state index contributed by atoms with van der Waals surface area (Å²) in [6.45, 7) is 2.50. The lowest BCUT2D eigenvalue weighted by molar-refractivity contribution is -0.145. The minimum atomic E-state index is -0.0885. The van der Waals surface area contributed by atoms with Crippen LogP contribution in [-0.2, 0) is 29.0 Å². The highest BCUT2D eigenvalue weighted by molar-refractivity contribution is 5.87. The Morgan fingerprint density at radius 3 is 2.92 bits per heavy atom. The minimum absolute atomic E-state index is 0.0885. The molecule has 0 fully saturated rings. The Morgan fingerprint density at radius 2 is 2.16 bits per heavy atom. The van der Waals surface area contributed by atoms with Gasteiger partial charge in [0.05, 0.1) is 5.52 Å². The predicted molar refractivity (Wildman–Crippen MR) is 102 cm³/mol. The molecule has 3 rings (SSSR count). The van der Waals surface area contributed by atoms with E-state index >= 15 is 0 Å². The highest BCUT2D eigenvalue weighted by Gasteiger charge is 2.24. The van der Waals surface area contributed by atoms with Gasteiger partial charge in [0.2, 0.25) is 0 Å². The molecule has 0 radical (unpaired) electrons. The summed E-state index contributed by atoms with van der Waals surface area (Å²) in [5, 5.41) is 1.29. The molecule has 0 saturated heterocycles. The Morgan fingerprint density at radius 1 is 1.32 bits per heavy atom. The average molecular weight is 342 g/mol. The predicted octanol–water partition coefficient (Wildman–Crippen LogP) is 4.21. The molecule has 0 spiro atoms. The summed E-state index contributed by atoms with van der Waals surface area (Å²) in [4.78, 5) is 17.8. The van der Waals surface area contributed by atoms with Crippen LogP contribution < -0.4 is 0 Å². The third kappa shape index (κ3) is 4.06. The van der Waals surface area contributed by atoms with Crippen molar-refractivity contribution in [2.45, 2.75) is 64.5 Å². The van der Waals surface area contributed by atoms with Gasteiger partial charge in [0, 0.05) is 29.1 Å². The summed E-state index contributed by atoms with van der Waals surface area (Å²) in [6, 6.07) is 6.93. The first-order valence-corrected chi connectivity index (χ1v) is 9.53. The molecule has 0 bridgehead atoms. The van der Waals surface area contributed by atoms with Crippen molar-refractivity contribution >= 4 is 16.9 Å². The van der Waals surface area contributed by atoms with Gasteiger partial charge in [0.15, 0.2) is 0 Å². The van der Waals surface area contributed by atoms with Crippen LogP contribution in [0.15, 0.2) is 18.2 Å². The Bertz CT molecular complexity index is 733. The van der Waals surface area contributed by atoms with Crippen LogP contribution in [0.5, 0.6) is 0 Å². The summed E-state index contributed by atoms with van der Waals surface area (Å²) in [5.74, 6) is -0.0885. The van der Waals surface area contributed by atoms with E-state index in [9.17, 15) is 4.79 Å². The van der Waals surface area contributed by atoms with Gasteiger partial charge in [-0.3, -0.25) is 4.79 Å². The number of carbonyl (C=O) groups excluding carboxylic acids is 1. The van der Waals surface area contributed by atoms with Crippen LogP contribution in [0, 0.1) is 0 Å². The lowest BCUT2D eigenvalue weighted by atomic mass is 9.90. The highest BCUT2D eigenvalue weighted by atomic mass is 16.5. The number of rotatable bonds is 7. The van der Waals surface area contributed by atoms with E-state index in [1.807, 2.05) is 0 Å². The molecule has 1 heterocycles. The van der Waals surface area contributed by atoms with E-state index in [1.54, 1.807) is 0 Å². The number of likely N-dealkylation sites (N-methyl/N-ethyl adjacent to an activating group) is 1. The summed E-state index contributed by atoms with van der Waals surface area (Å²) in [6.07, 6.45) is 7.01. The maximum absolute atomic E-state index is 11.9. The smallest absolute Gasteiger partial charge is 0.306 e. The largest absolute Gasteiger partial charge is 0.461 e. The van der Waals surface area contributed by atoms with Crippen molar-refractivity contribution in [1.82, 2.24) is 9.88 Å². The number of nitrogens with zero attached hydrogens (tertiary/aromatic N) is 1. The van der Waals surface area contributed by atoms with Crippen LogP contribution in [0.1, 0.15) is 55.8 Å². The van der Waals surface area contributed by atoms with Crippen molar-refractivity contribution < 1.29 is 9.53 Å². The van der Waals surface area contributed by atoms with E-state index in [0.29, 0.717) is 19.1 Å². The molecular formula is C21H30N2O2. The third-order valence-electron chi connectivity index (χ3n) is 5.39.